The number of nitrogens with two attached hydrogens (primary N) is 3. The van der Waals surface area contributed by atoms with Crippen LogP contribution in [0.3, 0.4) is 0 Å². The van der Waals surface area contributed by atoms with E-state index in [4.69, 9.17) is 36.4 Å². The number of anilines is 3. The normalized spacial score (nSPS) is 9.59. The van der Waals surface area contributed by atoms with E-state index in [1.54, 1.807) is 0 Å². The van der Waals surface area contributed by atoms with Crippen molar-refractivity contribution in [2.75, 3.05) is 17.2 Å². The van der Waals surface area contributed by atoms with E-state index in [0.717, 1.165) is 0 Å². The van der Waals surface area contributed by atoms with E-state index < -0.39 is 7.82 Å². The van der Waals surface area contributed by atoms with Crippen molar-refractivity contribution in [3.8, 4) is 0 Å². The Morgan fingerprint density at radius 2 is 0.828 bits per heavy atom. The summed E-state index contributed by atoms with van der Waals surface area (Å²) >= 11 is 0. The second-order valence-corrected chi connectivity index (χ2v) is 6.81. The Labute approximate surface area is 169 Å². The minimum absolute atomic E-state index is 0.704. The van der Waals surface area contributed by atoms with E-state index >= 15 is 0 Å². The van der Waals surface area contributed by atoms with Gasteiger partial charge in [-0.25, -0.2) is 15.0 Å². The summed E-state index contributed by atoms with van der Waals surface area (Å²) < 4.78 is 8.55. The molecule has 0 radical (unpaired) electrons. The number of nitrogen functional groups attached to an aromatic ring is 3. The number of phosphoric acid groups is 1. The minimum Gasteiger partial charge on any atom is -0.822 e. The molecule has 0 amide bonds. The number of nitrogens with one attached hydrogen (secondary N) is 3. The van der Waals surface area contributed by atoms with Crippen molar-refractivity contribution in [1.29, 1.82) is 0 Å². The number of hydrogen-bond acceptors (Lipinski definition) is 7. The monoisotopic (exact) mass is 422 g/mol. The zero-order valence-corrected chi connectivity index (χ0v) is 17.4. The first kappa shape index (κ1) is 26.0. The molecule has 0 saturated heterocycles. The molecule has 0 saturated carbocycles. The van der Waals surface area contributed by atoms with Gasteiger partial charge < -0.3 is 19.2 Å². The Kier molecular flexibility index (Phi) is 11.8. The van der Waals surface area contributed by atoms with Crippen molar-refractivity contribution in [3.05, 3.63) is 71.7 Å². The molecule has 29 heavy (non-hydrogen) atoms. The summed E-state index contributed by atoms with van der Waals surface area (Å²) in [5.41, 5.74) is 19.7. The van der Waals surface area contributed by atoms with E-state index in [2.05, 4.69) is 15.0 Å². The molecule has 0 spiro atoms. The maximum atomic E-state index is 8.55. The molecule has 0 aromatic carbocycles. The number of pyridine rings is 3. The Balaban J connectivity index is 0.000000367. The Bertz CT molecular complexity index is 694. The molecule has 11 heteroatoms. The van der Waals surface area contributed by atoms with Crippen LogP contribution in [0.2, 0.25) is 0 Å². The number of rotatable bonds is 0. The average Bonchev–Trinajstić information content (AvgIpc) is 2.62. The molecule has 10 nitrogen and oxygen atoms in total. The molecule has 3 rings (SSSR count). The summed E-state index contributed by atoms with van der Waals surface area (Å²) in [6.07, 6.45) is 5.61. The number of hydrogen-bond donors (Lipinski definition) is 3. The largest absolute Gasteiger partial charge is 0.822 e. The first-order chi connectivity index (χ1) is 13.4. The molecule has 0 aliphatic heterocycles. The maximum Gasteiger partial charge on any atom is 0.270 e. The van der Waals surface area contributed by atoms with Gasteiger partial charge in [0.1, 0.15) is 0 Å². The summed E-state index contributed by atoms with van der Waals surface area (Å²) in [4.78, 5) is 34.3. The number of aromatic amines is 3. The summed E-state index contributed by atoms with van der Waals surface area (Å²) in [5.74, 6) is 2.11. The molecular weight excluding hydrogens is 395 g/mol. The lowest BCUT2D eigenvalue weighted by Crippen LogP contribution is -2.24. The van der Waals surface area contributed by atoms with Gasteiger partial charge in [0.2, 0.25) is 0 Å². The molecule has 3 aromatic rings. The molecule has 0 fully saturated rings. The minimum atomic E-state index is -5.39. The van der Waals surface area contributed by atoms with Gasteiger partial charge in [0, 0.05) is 18.2 Å². The Hall–Kier alpha value is -3.04. The van der Waals surface area contributed by atoms with Gasteiger partial charge in [0.05, 0.1) is 18.6 Å². The Morgan fingerprint density at radius 3 is 0.931 bits per heavy atom. The zero-order valence-electron chi connectivity index (χ0n) is 16.5. The first-order valence-electron chi connectivity index (χ1n) is 8.31. The van der Waals surface area contributed by atoms with Crippen LogP contribution in [0.1, 0.15) is 16.7 Å². The fourth-order valence-corrected chi connectivity index (χ4v) is 1.54. The van der Waals surface area contributed by atoms with Gasteiger partial charge >= 0.3 is 0 Å². The highest BCUT2D eigenvalue weighted by molar-refractivity contribution is 7.40. The molecular formula is C18H27N6O4P. The molecule has 9 N–H and O–H groups in total. The van der Waals surface area contributed by atoms with Crippen LogP contribution in [-0.2, 0) is 4.57 Å². The summed E-state index contributed by atoms with van der Waals surface area (Å²) in [6, 6.07) is 11.4. The summed E-state index contributed by atoms with van der Waals surface area (Å²) in [5, 5.41) is 0. The van der Waals surface area contributed by atoms with Crippen molar-refractivity contribution >= 4 is 25.3 Å². The molecule has 3 heterocycles. The van der Waals surface area contributed by atoms with Crippen molar-refractivity contribution in [1.82, 2.24) is 0 Å². The lowest BCUT2D eigenvalue weighted by molar-refractivity contribution is -0.432. The second kappa shape index (κ2) is 13.2. The topological polar surface area (TPSA) is 207 Å². The second-order valence-electron chi connectivity index (χ2n) is 5.91. The fourth-order valence-electron chi connectivity index (χ4n) is 1.54. The van der Waals surface area contributed by atoms with E-state index in [1.165, 1.54) is 16.7 Å². The lowest BCUT2D eigenvalue weighted by atomic mass is 10.3. The van der Waals surface area contributed by atoms with Crippen molar-refractivity contribution in [2.45, 2.75) is 20.8 Å². The third-order valence-corrected chi connectivity index (χ3v) is 2.98. The van der Waals surface area contributed by atoms with Crippen molar-refractivity contribution in [2.24, 2.45) is 0 Å². The molecule has 0 unspecified atom stereocenters. The number of aromatic nitrogens is 3. The highest BCUT2D eigenvalue weighted by Crippen LogP contribution is 2.03. The van der Waals surface area contributed by atoms with Crippen LogP contribution in [0.5, 0.6) is 0 Å². The van der Waals surface area contributed by atoms with Crippen LogP contribution in [0.15, 0.2) is 55.0 Å². The standard InChI is InChI=1S/3C6H8N2.H3O4P/c3*1-5-2-3-6(7)8-4-5;1-5(2,3)4/h3*2-4H,1H3,(H2,7,8);(H3,1,2,3,4). The maximum absolute atomic E-state index is 8.55. The lowest BCUT2D eigenvalue weighted by Gasteiger charge is -2.36. The van der Waals surface area contributed by atoms with E-state index in [9.17, 15) is 0 Å². The first-order valence-corrected chi connectivity index (χ1v) is 9.77. The number of aryl methyl sites for hydroxylation is 3. The average molecular weight is 422 g/mol. The van der Waals surface area contributed by atoms with Crippen LogP contribution in [0, 0.1) is 20.8 Å². The molecule has 0 aliphatic carbocycles. The highest BCUT2D eigenvalue weighted by Gasteiger charge is 1.88. The van der Waals surface area contributed by atoms with Crippen LogP contribution in [-0.4, -0.2) is 0 Å². The van der Waals surface area contributed by atoms with Crippen LogP contribution in [0.25, 0.3) is 0 Å². The van der Waals surface area contributed by atoms with E-state index in [1.807, 2.05) is 75.8 Å². The van der Waals surface area contributed by atoms with Gasteiger partial charge in [0.15, 0.2) is 0 Å². The van der Waals surface area contributed by atoms with Gasteiger partial charge in [-0.2, -0.15) is 7.82 Å². The predicted molar refractivity (Wildman–Crippen MR) is 104 cm³/mol. The number of H-pyrrole nitrogens is 3. The van der Waals surface area contributed by atoms with Gasteiger partial charge in [-0.05, 0) is 55.7 Å². The Morgan fingerprint density at radius 1 is 0.621 bits per heavy atom. The smallest absolute Gasteiger partial charge is 0.270 e. The highest BCUT2D eigenvalue weighted by atomic mass is 31.2. The molecule has 0 atom stereocenters. The third kappa shape index (κ3) is 18.1. The van der Waals surface area contributed by atoms with Crippen molar-refractivity contribution < 1.29 is 34.2 Å². The van der Waals surface area contributed by atoms with Crippen molar-refractivity contribution in [3.63, 3.8) is 0 Å². The molecule has 158 valence electrons. The quantitative estimate of drug-likeness (QED) is 0.359. The van der Waals surface area contributed by atoms with Gasteiger partial charge in [0.25, 0.3) is 17.5 Å². The van der Waals surface area contributed by atoms with Crippen LogP contribution in [0.4, 0.5) is 17.5 Å². The van der Waals surface area contributed by atoms with Gasteiger partial charge in [-0.1, -0.05) is 0 Å². The van der Waals surface area contributed by atoms with E-state index in [0.29, 0.717) is 17.5 Å². The summed E-state index contributed by atoms with van der Waals surface area (Å²) in [6.45, 7) is 6.03. The third-order valence-electron chi connectivity index (χ3n) is 2.98. The SMILES string of the molecule is Cc1ccc(N)[nH+]c1.Cc1ccc(N)[nH+]c1.Cc1ccc(N)[nH+]c1.O=P([O-])([O-])[O-]. The van der Waals surface area contributed by atoms with E-state index in [-0.39, 0.29) is 0 Å². The molecule has 0 aliphatic rings. The van der Waals surface area contributed by atoms with Gasteiger partial charge in [-0.15, -0.1) is 0 Å². The fraction of sp³-hybridized carbons (Fsp3) is 0.167. The van der Waals surface area contributed by atoms with Gasteiger partial charge in [-0.3, -0.25) is 17.2 Å². The molecule has 0 bridgehead atoms. The summed E-state index contributed by atoms with van der Waals surface area (Å²) in [7, 11) is -5.39. The van der Waals surface area contributed by atoms with Crippen LogP contribution >= 0.6 is 7.82 Å². The zero-order chi connectivity index (χ0) is 22.4. The predicted octanol–water partition coefficient (Wildman–Crippen LogP) is -1.65. The molecule has 3 aromatic heterocycles. The van der Waals surface area contributed by atoms with Crippen LogP contribution < -0.4 is 46.8 Å².